The molecule has 0 spiro atoms. The number of benzene rings is 3. The number of carbonyl (C=O) groups is 1. The molecule has 150 valence electrons. The lowest BCUT2D eigenvalue weighted by Crippen LogP contribution is -2.52. The summed E-state index contributed by atoms with van der Waals surface area (Å²) in [5.74, 6) is 0.748. The number of amides is 1. The molecule has 1 amide bonds. The molecule has 1 heterocycles. The lowest BCUT2D eigenvalue weighted by Gasteiger charge is -2.37. The van der Waals surface area contributed by atoms with Gasteiger partial charge in [-0.2, -0.15) is 0 Å². The maximum absolute atomic E-state index is 12.9. The van der Waals surface area contributed by atoms with Crippen molar-refractivity contribution in [3.8, 4) is 5.75 Å². The van der Waals surface area contributed by atoms with E-state index in [1.807, 2.05) is 66.4 Å². The number of hydrogen-bond donors (Lipinski definition) is 0. The van der Waals surface area contributed by atoms with Gasteiger partial charge in [-0.05, 0) is 54.4 Å². The van der Waals surface area contributed by atoms with Crippen LogP contribution in [0.1, 0.15) is 12.5 Å². The van der Waals surface area contributed by atoms with E-state index in [-0.39, 0.29) is 5.91 Å². The van der Waals surface area contributed by atoms with E-state index in [4.69, 9.17) is 16.3 Å². The molecule has 0 bridgehead atoms. The molecule has 1 fully saturated rings. The molecule has 0 N–H and O–H groups in total. The number of rotatable bonds is 4. The van der Waals surface area contributed by atoms with E-state index in [1.54, 1.807) is 0 Å². The summed E-state index contributed by atoms with van der Waals surface area (Å²) >= 11 is 6.16. The number of nitrogens with zero attached hydrogens (tertiary/aromatic N) is 2. The molecule has 0 aliphatic carbocycles. The van der Waals surface area contributed by atoms with Crippen LogP contribution in [0.5, 0.6) is 5.75 Å². The molecule has 29 heavy (non-hydrogen) atoms. The largest absolute Gasteiger partial charge is 0.481 e. The summed E-state index contributed by atoms with van der Waals surface area (Å²) in [6, 6.07) is 20.0. The highest BCUT2D eigenvalue weighted by atomic mass is 35.5. The Hall–Kier alpha value is -2.72. The highest BCUT2D eigenvalue weighted by Crippen LogP contribution is 2.26. The van der Waals surface area contributed by atoms with Gasteiger partial charge in [-0.15, -0.1) is 0 Å². The fourth-order valence-electron chi connectivity index (χ4n) is 3.84. The predicted molar refractivity (Wildman–Crippen MR) is 119 cm³/mol. The zero-order valence-electron chi connectivity index (χ0n) is 16.8. The number of carbonyl (C=O) groups excluding carboxylic acids is 1. The van der Waals surface area contributed by atoms with Gasteiger partial charge in [0.15, 0.2) is 6.10 Å². The second kappa shape index (κ2) is 8.34. The Bertz CT molecular complexity index is 1030. The summed E-state index contributed by atoms with van der Waals surface area (Å²) in [5.41, 5.74) is 2.34. The van der Waals surface area contributed by atoms with E-state index in [9.17, 15) is 4.79 Å². The van der Waals surface area contributed by atoms with Crippen LogP contribution in [0, 0.1) is 6.92 Å². The number of ether oxygens (including phenoxy) is 1. The normalized spacial score (nSPS) is 15.4. The number of aryl methyl sites for hydroxylation is 1. The van der Waals surface area contributed by atoms with Gasteiger partial charge in [-0.25, -0.2) is 0 Å². The number of fused-ring (bicyclic) bond motifs is 1. The minimum Gasteiger partial charge on any atom is -0.481 e. The van der Waals surface area contributed by atoms with Crippen LogP contribution in [-0.2, 0) is 4.79 Å². The Morgan fingerprint density at radius 3 is 2.45 bits per heavy atom. The number of anilines is 1. The maximum atomic E-state index is 12.9. The molecule has 4 rings (SSSR count). The van der Waals surface area contributed by atoms with Gasteiger partial charge in [0.1, 0.15) is 5.75 Å². The Labute approximate surface area is 176 Å². The van der Waals surface area contributed by atoms with E-state index >= 15 is 0 Å². The van der Waals surface area contributed by atoms with E-state index in [0.717, 1.165) is 40.3 Å². The van der Waals surface area contributed by atoms with Crippen LogP contribution in [0.3, 0.4) is 0 Å². The molecule has 0 saturated carbocycles. The van der Waals surface area contributed by atoms with Gasteiger partial charge in [-0.1, -0.05) is 48.0 Å². The highest BCUT2D eigenvalue weighted by molar-refractivity contribution is 6.30. The summed E-state index contributed by atoms with van der Waals surface area (Å²) in [5, 5.41) is 3.00. The van der Waals surface area contributed by atoms with Crippen LogP contribution < -0.4 is 9.64 Å². The van der Waals surface area contributed by atoms with Crippen LogP contribution in [-0.4, -0.2) is 43.1 Å². The average molecular weight is 409 g/mol. The monoisotopic (exact) mass is 408 g/mol. The fourth-order valence-corrected chi connectivity index (χ4v) is 4.01. The second-order valence-electron chi connectivity index (χ2n) is 7.51. The van der Waals surface area contributed by atoms with Gasteiger partial charge in [0, 0.05) is 36.9 Å². The van der Waals surface area contributed by atoms with Crippen LogP contribution >= 0.6 is 11.6 Å². The van der Waals surface area contributed by atoms with Crippen molar-refractivity contribution in [1.82, 2.24) is 4.90 Å². The van der Waals surface area contributed by atoms with Crippen molar-refractivity contribution in [1.29, 1.82) is 0 Å². The van der Waals surface area contributed by atoms with Crippen molar-refractivity contribution in [2.45, 2.75) is 20.0 Å². The zero-order chi connectivity index (χ0) is 20.4. The molecule has 1 aliphatic heterocycles. The molecule has 1 unspecified atom stereocenters. The molecule has 0 aromatic heterocycles. The third kappa shape index (κ3) is 4.33. The SMILES string of the molecule is Cc1ccc(Cl)cc1N1CCN(C(=O)C(C)Oc2ccc3ccccc3c2)CC1. The first-order chi connectivity index (χ1) is 14.0. The molecule has 1 saturated heterocycles. The first-order valence-electron chi connectivity index (χ1n) is 9.96. The van der Waals surface area contributed by atoms with Crippen molar-refractivity contribution < 1.29 is 9.53 Å². The molecule has 1 aliphatic rings. The van der Waals surface area contributed by atoms with E-state index in [2.05, 4.69) is 17.9 Å². The molecule has 1 atom stereocenters. The Kier molecular flexibility index (Phi) is 5.63. The summed E-state index contributed by atoms with van der Waals surface area (Å²) in [6.45, 7) is 6.84. The fraction of sp³-hybridized carbons (Fsp3) is 0.292. The standard InChI is InChI=1S/C24H25ClN2O2/c1-17-7-9-21(25)16-23(17)26-11-13-27(14-12-26)24(28)18(2)29-22-10-8-19-5-3-4-6-20(19)15-22/h3-10,15-16,18H,11-14H2,1-2H3. The van der Waals surface area contributed by atoms with Crippen molar-refractivity contribution in [3.63, 3.8) is 0 Å². The van der Waals surface area contributed by atoms with Crippen LogP contribution in [0.4, 0.5) is 5.69 Å². The number of halogens is 1. The van der Waals surface area contributed by atoms with Crippen LogP contribution in [0.2, 0.25) is 5.02 Å². The Morgan fingerprint density at radius 2 is 1.69 bits per heavy atom. The maximum Gasteiger partial charge on any atom is 0.263 e. The Balaban J connectivity index is 1.37. The third-order valence-corrected chi connectivity index (χ3v) is 5.72. The predicted octanol–water partition coefficient (Wildman–Crippen LogP) is 4.92. The Morgan fingerprint density at radius 1 is 0.966 bits per heavy atom. The topological polar surface area (TPSA) is 32.8 Å². The summed E-state index contributed by atoms with van der Waals surface area (Å²) < 4.78 is 5.96. The molecule has 3 aromatic rings. The average Bonchev–Trinajstić information content (AvgIpc) is 2.75. The van der Waals surface area contributed by atoms with Crippen molar-refractivity contribution in [3.05, 3.63) is 71.2 Å². The highest BCUT2D eigenvalue weighted by Gasteiger charge is 2.26. The lowest BCUT2D eigenvalue weighted by molar-refractivity contribution is -0.138. The first kappa shape index (κ1) is 19.6. The van der Waals surface area contributed by atoms with Gasteiger partial charge < -0.3 is 14.5 Å². The molecular weight excluding hydrogens is 384 g/mol. The summed E-state index contributed by atoms with van der Waals surface area (Å²) in [6.07, 6.45) is -0.518. The van der Waals surface area contributed by atoms with Gasteiger partial charge in [-0.3, -0.25) is 4.79 Å². The smallest absolute Gasteiger partial charge is 0.263 e. The second-order valence-corrected chi connectivity index (χ2v) is 7.95. The lowest BCUT2D eigenvalue weighted by atomic mass is 10.1. The van der Waals surface area contributed by atoms with Gasteiger partial charge >= 0.3 is 0 Å². The quantitative estimate of drug-likeness (QED) is 0.614. The first-order valence-corrected chi connectivity index (χ1v) is 10.3. The summed E-state index contributed by atoms with van der Waals surface area (Å²) in [7, 11) is 0. The number of piperazine rings is 1. The number of hydrogen-bond acceptors (Lipinski definition) is 3. The van der Waals surface area contributed by atoms with Crippen LogP contribution in [0.15, 0.2) is 60.7 Å². The van der Waals surface area contributed by atoms with E-state index < -0.39 is 6.10 Å². The van der Waals surface area contributed by atoms with Crippen LogP contribution in [0.25, 0.3) is 10.8 Å². The molecule has 4 nitrogen and oxygen atoms in total. The van der Waals surface area contributed by atoms with Crippen molar-refractivity contribution in [2.75, 3.05) is 31.1 Å². The molecule has 0 radical (unpaired) electrons. The minimum absolute atomic E-state index is 0.0284. The molecule has 5 heteroatoms. The molecule has 3 aromatic carbocycles. The zero-order valence-corrected chi connectivity index (χ0v) is 17.5. The van der Waals surface area contributed by atoms with E-state index in [1.165, 1.54) is 5.56 Å². The molecular formula is C24H25ClN2O2. The van der Waals surface area contributed by atoms with Gasteiger partial charge in [0.25, 0.3) is 5.91 Å². The minimum atomic E-state index is -0.518. The van der Waals surface area contributed by atoms with E-state index in [0.29, 0.717) is 13.1 Å². The van der Waals surface area contributed by atoms with Crippen molar-refractivity contribution in [2.24, 2.45) is 0 Å². The van der Waals surface area contributed by atoms with Crippen molar-refractivity contribution >= 4 is 34.0 Å². The van der Waals surface area contributed by atoms with Gasteiger partial charge in [0.2, 0.25) is 0 Å². The summed E-state index contributed by atoms with van der Waals surface area (Å²) in [4.78, 5) is 17.1. The third-order valence-electron chi connectivity index (χ3n) is 5.48. The van der Waals surface area contributed by atoms with Gasteiger partial charge in [0.05, 0.1) is 0 Å².